The molecule has 3 heterocycles. The molecule has 3 aromatic rings. The first-order valence-corrected chi connectivity index (χ1v) is 8.59. The van der Waals surface area contributed by atoms with E-state index in [0.717, 1.165) is 16.7 Å². The number of anilines is 2. The maximum Gasteiger partial charge on any atom is 0.272 e. The van der Waals surface area contributed by atoms with Crippen LogP contribution in [-0.2, 0) is 4.79 Å². The Morgan fingerprint density at radius 2 is 2.11 bits per heavy atom. The minimum absolute atomic E-state index is 0.0202. The number of nitrogens with zero attached hydrogens (tertiary/aromatic N) is 3. The zero-order valence-corrected chi connectivity index (χ0v) is 14.8. The number of nitrogen functional groups attached to an aromatic ring is 1. The Balaban J connectivity index is 1.62. The number of aromatic nitrogens is 2. The Hall–Kier alpha value is -3.11. The van der Waals surface area contributed by atoms with Gasteiger partial charge in [-0.1, -0.05) is 11.6 Å². The molecule has 1 aliphatic heterocycles. The second-order valence-electron chi connectivity index (χ2n) is 5.36. The highest BCUT2D eigenvalue weighted by atomic mass is 35.5. The van der Waals surface area contributed by atoms with E-state index >= 15 is 0 Å². The number of furan rings is 1. The van der Waals surface area contributed by atoms with Gasteiger partial charge in [0.15, 0.2) is 5.17 Å². The Morgan fingerprint density at radius 3 is 2.81 bits per heavy atom. The van der Waals surface area contributed by atoms with Crippen molar-refractivity contribution in [3.8, 4) is 11.3 Å². The van der Waals surface area contributed by atoms with Crippen LogP contribution >= 0.6 is 23.4 Å². The molecule has 3 N–H and O–H groups in total. The summed E-state index contributed by atoms with van der Waals surface area (Å²) in [6.45, 7) is 0. The average molecular weight is 406 g/mol. The summed E-state index contributed by atoms with van der Waals surface area (Å²) in [4.78, 5) is 13.8. The van der Waals surface area contributed by atoms with Crippen LogP contribution in [0.15, 0.2) is 44.3 Å². The van der Waals surface area contributed by atoms with Crippen LogP contribution in [0.3, 0.4) is 0 Å². The molecule has 0 atom stereocenters. The predicted molar refractivity (Wildman–Crippen MR) is 98.6 cm³/mol. The molecule has 1 aromatic carbocycles. The first-order valence-electron chi connectivity index (χ1n) is 7.40. The van der Waals surface area contributed by atoms with Gasteiger partial charge in [0, 0.05) is 11.6 Å². The summed E-state index contributed by atoms with van der Waals surface area (Å²) in [7, 11) is 0. The normalized spacial score (nSPS) is 15.9. The number of amidine groups is 1. The molecule has 1 saturated heterocycles. The van der Waals surface area contributed by atoms with Crippen LogP contribution in [0.25, 0.3) is 17.4 Å². The van der Waals surface area contributed by atoms with Crippen LogP contribution in [0.2, 0.25) is 5.02 Å². The zero-order chi connectivity index (χ0) is 19.1. The fourth-order valence-corrected chi connectivity index (χ4v) is 3.39. The van der Waals surface area contributed by atoms with E-state index in [4.69, 9.17) is 27.2 Å². The standard InChI is InChI=1S/C16H9ClFN5O3S/c17-9-5-7(1-3-10(9)18)11-4-2-8(25-11)6-12-15(24)23(16(20)27-12)14-13(19)21-26-22-14/h1-6,20H,(H2,19,21)/b12-6-,20-16?. The number of amides is 1. The number of rotatable bonds is 3. The zero-order valence-electron chi connectivity index (χ0n) is 13.3. The van der Waals surface area contributed by atoms with Gasteiger partial charge < -0.3 is 10.2 Å². The number of halogens is 2. The number of carbonyl (C=O) groups is 1. The third-order valence-electron chi connectivity index (χ3n) is 3.64. The Kier molecular flexibility index (Phi) is 4.21. The molecular formula is C16H9ClFN5O3S. The quantitative estimate of drug-likeness (QED) is 0.636. The van der Waals surface area contributed by atoms with Crippen LogP contribution < -0.4 is 10.6 Å². The number of hydrogen-bond acceptors (Lipinski definition) is 8. The molecule has 4 rings (SSSR count). The van der Waals surface area contributed by atoms with E-state index in [2.05, 4.69) is 14.9 Å². The van der Waals surface area contributed by atoms with Gasteiger partial charge in [0.25, 0.3) is 5.91 Å². The second-order valence-corrected chi connectivity index (χ2v) is 6.80. The summed E-state index contributed by atoms with van der Waals surface area (Å²) in [6, 6.07) is 7.53. The van der Waals surface area contributed by atoms with E-state index in [1.165, 1.54) is 24.3 Å². The third kappa shape index (κ3) is 3.09. The minimum atomic E-state index is -0.525. The number of benzene rings is 1. The van der Waals surface area contributed by atoms with Crippen molar-refractivity contribution < 1.29 is 18.2 Å². The highest BCUT2D eigenvalue weighted by molar-refractivity contribution is 8.19. The van der Waals surface area contributed by atoms with Gasteiger partial charge in [-0.15, -0.1) is 0 Å². The molecule has 136 valence electrons. The summed E-state index contributed by atoms with van der Waals surface area (Å²) in [6.07, 6.45) is 1.49. The largest absolute Gasteiger partial charge is 0.457 e. The molecule has 1 amide bonds. The first kappa shape index (κ1) is 17.3. The van der Waals surface area contributed by atoms with Crippen LogP contribution in [0.4, 0.5) is 16.0 Å². The maximum absolute atomic E-state index is 13.3. The van der Waals surface area contributed by atoms with Gasteiger partial charge in [0.05, 0.1) is 9.93 Å². The Morgan fingerprint density at radius 1 is 1.30 bits per heavy atom. The lowest BCUT2D eigenvalue weighted by Crippen LogP contribution is -2.29. The van der Waals surface area contributed by atoms with Crippen molar-refractivity contribution in [3.63, 3.8) is 0 Å². The molecule has 1 fully saturated rings. The van der Waals surface area contributed by atoms with E-state index in [1.54, 1.807) is 12.1 Å². The topological polar surface area (TPSA) is 122 Å². The number of thioether (sulfide) groups is 1. The summed E-state index contributed by atoms with van der Waals surface area (Å²) >= 11 is 6.70. The number of hydrogen-bond donors (Lipinski definition) is 2. The molecule has 8 nitrogen and oxygen atoms in total. The van der Waals surface area contributed by atoms with E-state index in [9.17, 15) is 9.18 Å². The van der Waals surface area contributed by atoms with E-state index in [0.29, 0.717) is 17.1 Å². The van der Waals surface area contributed by atoms with Gasteiger partial charge in [-0.05, 0) is 52.4 Å². The third-order valence-corrected chi connectivity index (χ3v) is 4.81. The first-order chi connectivity index (χ1) is 12.9. The van der Waals surface area contributed by atoms with Gasteiger partial charge in [-0.3, -0.25) is 10.2 Å². The van der Waals surface area contributed by atoms with Gasteiger partial charge in [0.1, 0.15) is 17.3 Å². The van der Waals surface area contributed by atoms with Gasteiger partial charge >= 0.3 is 0 Å². The fourth-order valence-electron chi connectivity index (χ4n) is 2.39. The Labute approximate surface area is 160 Å². The van der Waals surface area contributed by atoms with Crippen LogP contribution in [-0.4, -0.2) is 21.4 Å². The van der Waals surface area contributed by atoms with Crippen molar-refractivity contribution >= 4 is 52.1 Å². The summed E-state index contributed by atoms with van der Waals surface area (Å²) in [5.74, 6) is -0.332. The monoisotopic (exact) mass is 405 g/mol. The SMILES string of the molecule is N=C1S/C(=C\c2ccc(-c3ccc(F)c(Cl)c3)o2)C(=O)N1c1nonc1N. The van der Waals surface area contributed by atoms with Crippen molar-refractivity contribution in [2.45, 2.75) is 0 Å². The highest BCUT2D eigenvalue weighted by Crippen LogP contribution is 2.36. The van der Waals surface area contributed by atoms with E-state index in [1.807, 2.05) is 0 Å². The fraction of sp³-hybridized carbons (Fsp3) is 0. The van der Waals surface area contributed by atoms with Crippen molar-refractivity contribution in [1.29, 1.82) is 5.41 Å². The number of nitrogens with one attached hydrogen (secondary N) is 1. The molecule has 0 spiro atoms. The molecule has 0 unspecified atom stereocenters. The van der Waals surface area contributed by atoms with Crippen LogP contribution in [0, 0.1) is 11.2 Å². The van der Waals surface area contributed by atoms with Crippen LogP contribution in [0.5, 0.6) is 0 Å². The molecule has 27 heavy (non-hydrogen) atoms. The number of carbonyl (C=O) groups excluding carboxylic acids is 1. The highest BCUT2D eigenvalue weighted by Gasteiger charge is 2.37. The Bertz CT molecular complexity index is 1110. The van der Waals surface area contributed by atoms with Gasteiger partial charge in [-0.2, -0.15) is 0 Å². The molecule has 2 aromatic heterocycles. The van der Waals surface area contributed by atoms with Crippen molar-refractivity contribution in [1.82, 2.24) is 10.3 Å². The molecule has 11 heteroatoms. The molecule has 0 bridgehead atoms. The molecule has 1 aliphatic rings. The van der Waals surface area contributed by atoms with Gasteiger partial charge in [0.2, 0.25) is 11.6 Å². The lowest BCUT2D eigenvalue weighted by Gasteiger charge is -2.08. The van der Waals surface area contributed by atoms with Crippen molar-refractivity contribution in [2.75, 3.05) is 10.6 Å². The van der Waals surface area contributed by atoms with Gasteiger partial charge in [-0.25, -0.2) is 13.9 Å². The van der Waals surface area contributed by atoms with Crippen molar-refractivity contribution in [2.24, 2.45) is 0 Å². The molecular weight excluding hydrogens is 397 g/mol. The van der Waals surface area contributed by atoms with Crippen LogP contribution in [0.1, 0.15) is 5.76 Å². The maximum atomic E-state index is 13.3. The molecule has 0 saturated carbocycles. The summed E-state index contributed by atoms with van der Waals surface area (Å²) in [5, 5.41) is 14.8. The average Bonchev–Trinajstić information content (AvgIpc) is 3.32. The summed E-state index contributed by atoms with van der Waals surface area (Å²) < 4.78 is 23.4. The lowest BCUT2D eigenvalue weighted by atomic mass is 10.2. The van der Waals surface area contributed by atoms with E-state index < -0.39 is 11.7 Å². The lowest BCUT2D eigenvalue weighted by molar-refractivity contribution is -0.113. The molecule has 0 aliphatic carbocycles. The second kappa shape index (κ2) is 6.56. The minimum Gasteiger partial charge on any atom is -0.457 e. The van der Waals surface area contributed by atoms with E-state index in [-0.39, 0.29) is 26.7 Å². The van der Waals surface area contributed by atoms with Crippen molar-refractivity contribution in [3.05, 3.63) is 51.8 Å². The molecule has 0 radical (unpaired) electrons. The predicted octanol–water partition coefficient (Wildman–Crippen LogP) is 3.76. The number of nitrogens with two attached hydrogens (primary N) is 1. The summed E-state index contributed by atoms with van der Waals surface area (Å²) in [5.41, 5.74) is 6.18. The smallest absolute Gasteiger partial charge is 0.272 e.